The van der Waals surface area contributed by atoms with Gasteiger partial charge < -0.3 is 14.2 Å². The molecule has 0 bridgehead atoms. The topological polar surface area (TPSA) is 103 Å². The average Bonchev–Trinajstić information content (AvgIpc) is 2.65. The number of rotatable bonds is 11. The van der Waals surface area contributed by atoms with Gasteiger partial charge in [-0.1, -0.05) is 12.1 Å². The second-order valence-corrected chi connectivity index (χ2v) is 5.76. The number of esters is 2. The summed E-state index contributed by atoms with van der Waals surface area (Å²) in [6.07, 6.45) is 0.0809. The van der Waals surface area contributed by atoms with Crippen molar-refractivity contribution in [2.75, 3.05) is 20.3 Å². The Labute approximate surface area is 159 Å². The molecule has 1 aromatic rings. The van der Waals surface area contributed by atoms with E-state index in [9.17, 15) is 14.4 Å². The zero-order valence-electron chi connectivity index (χ0n) is 15.9. The van der Waals surface area contributed by atoms with Crippen LogP contribution >= 0.6 is 0 Å². The van der Waals surface area contributed by atoms with Crippen molar-refractivity contribution in [3.05, 3.63) is 29.3 Å². The first-order chi connectivity index (χ1) is 13.0. The van der Waals surface area contributed by atoms with Crippen molar-refractivity contribution in [3.63, 3.8) is 0 Å². The Balaban J connectivity index is 3.02. The molecule has 0 aliphatic carbocycles. The van der Waals surface area contributed by atoms with Gasteiger partial charge in [0.05, 0.1) is 39.2 Å². The van der Waals surface area contributed by atoms with E-state index in [4.69, 9.17) is 19.5 Å². The molecule has 1 unspecified atom stereocenters. The van der Waals surface area contributed by atoms with Crippen molar-refractivity contribution in [2.45, 2.75) is 39.5 Å². The Morgan fingerprint density at radius 1 is 1.11 bits per heavy atom. The summed E-state index contributed by atoms with van der Waals surface area (Å²) in [5, 5.41) is 8.88. The summed E-state index contributed by atoms with van der Waals surface area (Å²) in [6.45, 7) is 3.72. The molecule has 0 amide bonds. The highest BCUT2D eigenvalue weighted by atomic mass is 16.5. The van der Waals surface area contributed by atoms with E-state index in [-0.39, 0.29) is 38.9 Å². The zero-order chi connectivity index (χ0) is 20.2. The summed E-state index contributed by atoms with van der Waals surface area (Å²) < 4.78 is 15.2. The van der Waals surface area contributed by atoms with Crippen molar-refractivity contribution >= 4 is 17.7 Å². The first-order valence-corrected chi connectivity index (χ1v) is 8.84. The lowest BCUT2D eigenvalue weighted by molar-refractivity contribution is -0.153. The van der Waals surface area contributed by atoms with Crippen LogP contribution in [0.3, 0.4) is 0 Å². The average molecular weight is 375 g/mol. The lowest BCUT2D eigenvalue weighted by Crippen LogP contribution is -2.29. The maximum atomic E-state index is 12.6. The maximum absolute atomic E-state index is 12.6. The maximum Gasteiger partial charge on any atom is 0.316 e. The molecule has 1 aromatic carbocycles. The molecule has 0 spiro atoms. The first kappa shape index (κ1) is 22.2. The number of nitrogens with zero attached hydrogens (tertiary/aromatic N) is 1. The van der Waals surface area contributed by atoms with Crippen LogP contribution in [0.2, 0.25) is 0 Å². The van der Waals surface area contributed by atoms with Gasteiger partial charge in [0, 0.05) is 6.42 Å². The summed E-state index contributed by atoms with van der Waals surface area (Å²) >= 11 is 0. The molecule has 0 aliphatic heterocycles. The Hall–Kier alpha value is -2.88. The molecule has 1 rings (SSSR count). The van der Waals surface area contributed by atoms with Crippen LogP contribution in [-0.4, -0.2) is 38.0 Å². The number of ether oxygens (including phenoxy) is 3. The molecule has 1 atom stereocenters. The van der Waals surface area contributed by atoms with E-state index in [1.54, 1.807) is 32.0 Å². The van der Waals surface area contributed by atoms with E-state index in [1.807, 2.05) is 0 Å². The van der Waals surface area contributed by atoms with E-state index in [0.29, 0.717) is 11.3 Å². The number of nitriles is 1. The van der Waals surface area contributed by atoms with E-state index in [0.717, 1.165) is 5.56 Å². The van der Waals surface area contributed by atoms with Gasteiger partial charge in [-0.25, -0.2) is 0 Å². The summed E-state index contributed by atoms with van der Waals surface area (Å²) in [5.41, 5.74) is 1.39. The molecule has 7 heteroatoms. The number of benzene rings is 1. The zero-order valence-corrected chi connectivity index (χ0v) is 15.9. The molecular formula is C20H25NO6. The standard InChI is InChI=1S/C20H25NO6/c1-4-26-19(23)9-7-17(22)16(20(24)27-5-2)13-15-12-14(10-11-21)6-8-18(15)25-3/h6,8,12,16H,4-5,7,9-10,13H2,1-3H3. The highest BCUT2D eigenvalue weighted by Gasteiger charge is 2.29. The van der Waals surface area contributed by atoms with Crippen LogP contribution in [0.25, 0.3) is 0 Å². The van der Waals surface area contributed by atoms with Gasteiger partial charge in [0.15, 0.2) is 0 Å². The fourth-order valence-electron chi connectivity index (χ4n) is 2.62. The lowest BCUT2D eigenvalue weighted by Gasteiger charge is -2.17. The van der Waals surface area contributed by atoms with Crippen LogP contribution in [0.4, 0.5) is 0 Å². The number of carbonyl (C=O) groups excluding carboxylic acids is 3. The summed E-state index contributed by atoms with van der Waals surface area (Å²) in [5.74, 6) is -2.05. The first-order valence-electron chi connectivity index (χ1n) is 8.84. The summed E-state index contributed by atoms with van der Waals surface area (Å²) in [7, 11) is 1.49. The third-order valence-electron chi connectivity index (χ3n) is 3.89. The highest BCUT2D eigenvalue weighted by Crippen LogP contribution is 2.25. The molecule has 0 heterocycles. The monoisotopic (exact) mass is 375 g/mol. The van der Waals surface area contributed by atoms with Gasteiger partial charge in [-0.15, -0.1) is 0 Å². The van der Waals surface area contributed by atoms with Crippen molar-refractivity contribution in [1.29, 1.82) is 5.26 Å². The normalized spacial score (nSPS) is 11.2. The van der Waals surface area contributed by atoms with Gasteiger partial charge >= 0.3 is 11.9 Å². The van der Waals surface area contributed by atoms with Crippen LogP contribution in [0.5, 0.6) is 5.75 Å². The predicted octanol–water partition coefficient (Wildman–Crippen LogP) is 2.40. The largest absolute Gasteiger partial charge is 0.496 e. The second kappa shape index (κ2) is 11.7. The van der Waals surface area contributed by atoms with Crippen LogP contribution in [-0.2, 0) is 36.7 Å². The molecule has 0 saturated heterocycles. The fourth-order valence-corrected chi connectivity index (χ4v) is 2.62. The minimum atomic E-state index is -1.05. The van der Waals surface area contributed by atoms with Crippen molar-refractivity contribution in [2.24, 2.45) is 5.92 Å². The summed E-state index contributed by atoms with van der Waals surface area (Å²) in [6, 6.07) is 7.26. The Morgan fingerprint density at radius 3 is 2.41 bits per heavy atom. The SMILES string of the molecule is CCOC(=O)CCC(=O)C(Cc1cc(CC#N)ccc1OC)C(=O)OCC. The van der Waals surface area contributed by atoms with Gasteiger partial charge in [-0.2, -0.15) is 5.26 Å². The molecule has 0 radical (unpaired) electrons. The highest BCUT2D eigenvalue weighted by molar-refractivity contribution is 6.00. The molecule has 7 nitrogen and oxygen atoms in total. The number of ketones is 1. The van der Waals surface area contributed by atoms with Crippen LogP contribution in [0.15, 0.2) is 18.2 Å². The van der Waals surface area contributed by atoms with Crippen molar-refractivity contribution < 1.29 is 28.6 Å². The minimum Gasteiger partial charge on any atom is -0.496 e. The van der Waals surface area contributed by atoms with Gasteiger partial charge in [0.25, 0.3) is 0 Å². The molecule has 146 valence electrons. The third-order valence-corrected chi connectivity index (χ3v) is 3.89. The molecule has 27 heavy (non-hydrogen) atoms. The molecule has 0 fully saturated rings. The Kier molecular flexibility index (Phi) is 9.59. The molecular weight excluding hydrogens is 350 g/mol. The quantitative estimate of drug-likeness (QED) is 0.432. The summed E-state index contributed by atoms with van der Waals surface area (Å²) in [4.78, 5) is 36.4. The fraction of sp³-hybridized carbons (Fsp3) is 0.500. The Morgan fingerprint density at radius 2 is 1.81 bits per heavy atom. The van der Waals surface area contributed by atoms with Crippen LogP contribution < -0.4 is 4.74 Å². The number of methoxy groups -OCH3 is 1. The number of Topliss-reactive ketones (excluding diaryl/α,β-unsaturated/α-hetero) is 1. The molecule has 0 N–H and O–H groups in total. The number of hydrogen-bond acceptors (Lipinski definition) is 7. The van der Waals surface area contributed by atoms with Gasteiger partial charge in [0.1, 0.15) is 17.5 Å². The van der Waals surface area contributed by atoms with Gasteiger partial charge in [-0.05, 0) is 37.5 Å². The smallest absolute Gasteiger partial charge is 0.316 e. The van der Waals surface area contributed by atoms with Gasteiger partial charge in [0.2, 0.25) is 0 Å². The minimum absolute atomic E-state index is 0.0724. The van der Waals surface area contributed by atoms with Crippen molar-refractivity contribution in [1.82, 2.24) is 0 Å². The van der Waals surface area contributed by atoms with E-state index >= 15 is 0 Å². The number of hydrogen-bond donors (Lipinski definition) is 0. The predicted molar refractivity (Wildman–Crippen MR) is 97.0 cm³/mol. The Bertz CT molecular complexity index is 707. The van der Waals surface area contributed by atoms with Crippen LogP contribution in [0.1, 0.15) is 37.8 Å². The second-order valence-electron chi connectivity index (χ2n) is 5.76. The van der Waals surface area contributed by atoms with E-state index in [1.165, 1.54) is 7.11 Å². The van der Waals surface area contributed by atoms with E-state index < -0.39 is 23.6 Å². The van der Waals surface area contributed by atoms with Crippen molar-refractivity contribution in [3.8, 4) is 11.8 Å². The number of carbonyl (C=O) groups is 3. The van der Waals surface area contributed by atoms with Gasteiger partial charge in [-0.3, -0.25) is 14.4 Å². The molecule has 0 aliphatic rings. The molecule has 0 saturated carbocycles. The third kappa shape index (κ3) is 7.10. The van der Waals surface area contributed by atoms with Crippen LogP contribution in [0, 0.1) is 17.2 Å². The van der Waals surface area contributed by atoms with E-state index in [2.05, 4.69) is 6.07 Å². The molecule has 0 aromatic heterocycles. The lowest BCUT2D eigenvalue weighted by atomic mass is 9.91.